The lowest BCUT2D eigenvalue weighted by atomic mass is 9.59. The summed E-state index contributed by atoms with van der Waals surface area (Å²) < 4.78 is 17.7. The van der Waals surface area contributed by atoms with Crippen LogP contribution in [0.5, 0.6) is 0 Å². The second-order valence-electron chi connectivity index (χ2n) is 6.96. The summed E-state index contributed by atoms with van der Waals surface area (Å²) in [5.74, 6) is -0.982. The number of hydrogen-bond donors (Lipinski definition) is 1. The molecule has 2 aliphatic rings. The Morgan fingerprint density at radius 3 is 2.65 bits per heavy atom. The van der Waals surface area contributed by atoms with Crippen LogP contribution in [-0.4, -0.2) is 42.3 Å². The van der Waals surface area contributed by atoms with Crippen molar-refractivity contribution in [2.75, 3.05) is 13.2 Å². The van der Waals surface area contributed by atoms with Crippen LogP contribution in [0.2, 0.25) is 0 Å². The van der Waals surface area contributed by atoms with E-state index >= 15 is 0 Å². The highest BCUT2D eigenvalue weighted by molar-refractivity contribution is 5.66. The molecule has 1 aliphatic heterocycles. The van der Waals surface area contributed by atoms with E-state index in [0.29, 0.717) is 45.3 Å². The molecule has 1 aliphatic carbocycles. The van der Waals surface area contributed by atoms with Crippen molar-refractivity contribution in [2.24, 2.45) is 11.3 Å². The van der Waals surface area contributed by atoms with Crippen molar-refractivity contribution in [1.82, 2.24) is 0 Å². The number of carbonyl (C=O) groups is 1. The lowest BCUT2D eigenvalue weighted by Gasteiger charge is -2.55. The number of esters is 1. The van der Waals surface area contributed by atoms with Crippen molar-refractivity contribution >= 4 is 5.97 Å². The van der Waals surface area contributed by atoms with Crippen LogP contribution in [0, 0.1) is 22.7 Å². The number of ether oxygens (including phenoxy) is 3. The van der Waals surface area contributed by atoms with Gasteiger partial charge in [-0.05, 0) is 32.1 Å². The van der Waals surface area contributed by atoms with Gasteiger partial charge >= 0.3 is 5.97 Å². The summed E-state index contributed by atoms with van der Waals surface area (Å²) in [6.45, 7) is 6.14. The number of aliphatic hydroxyl groups excluding tert-OH is 1. The normalized spacial score (nSPS) is 34.0. The Hall–Kier alpha value is -1.16. The number of nitrogens with zero attached hydrogens (tertiary/aromatic N) is 1. The highest BCUT2D eigenvalue weighted by Crippen LogP contribution is 2.57. The molecule has 0 radical (unpaired) electrons. The second kappa shape index (κ2) is 7.16. The smallest absolute Gasteiger partial charge is 0.302 e. The quantitative estimate of drug-likeness (QED) is 0.779. The fraction of sp³-hybridized carbons (Fsp3) is 0.882. The third kappa shape index (κ3) is 3.52. The van der Waals surface area contributed by atoms with Crippen LogP contribution in [0.15, 0.2) is 0 Å². The van der Waals surface area contributed by atoms with Gasteiger partial charge in [0.05, 0.1) is 30.8 Å². The fourth-order valence-electron chi connectivity index (χ4n) is 4.35. The molecular weight excluding hydrogens is 298 g/mol. The van der Waals surface area contributed by atoms with Gasteiger partial charge in [-0.1, -0.05) is 6.92 Å². The van der Waals surface area contributed by atoms with Gasteiger partial charge < -0.3 is 19.3 Å². The summed E-state index contributed by atoms with van der Waals surface area (Å²) >= 11 is 0. The van der Waals surface area contributed by atoms with Crippen molar-refractivity contribution < 1.29 is 24.1 Å². The summed E-state index contributed by atoms with van der Waals surface area (Å²) in [5.41, 5.74) is -0.703. The van der Waals surface area contributed by atoms with E-state index in [-0.39, 0.29) is 11.9 Å². The SMILES string of the molecule is CC(=O)OC1CC(C)CC2(OCCO2)C1(CCC#N)CC(C)O. The molecule has 130 valence electrons. The Bertz CT molecular complexity index is 466. The van der Waals surface area contributed by atoms with Gasteiger partial charge in [-0.2, -0.15) is 5.26 Å². The van der Waals surface area contributed by atoms with Gasteiger partial charge in [-0.3, -0.25) is 4.79 Å². The number of hydrogen-bond acceptors (Lipinski definition) is 6. The van der Waals surface area contributed by atoms with Crippen molar-refractivity contribution in [3.63, 3.8) is 0 Å². The Labute approximate surface area is 137 Å². The maximum atomic E-state index is 11.6. The van der Waals surface area contributed by atoms with E-state index in [2.05, 4.69) is 13.0 Å². The highest BCUT2D eigenvalue weighted by Gasteiger charge is 2.63. The van der Waals surface area contributed by atoms with Crippen molar-refractivity contribution in [3.05, 3.63) is 0 Å². The van der Waals surface area contributed by atoms with Gasteiger partial charge in [0.15, 0.2) is 5.79 Å². The van der Waals surface area contributed by atoms with E-state index in [9.17, 15) is 9.90 Å². The molecule has 0 aromatic rings. The molecule has 4 atom stereocenters. The van der Waals surface area contributed by atoms with Gasteiger partial charge in [0.1, 0.15) is 6.10 Å². The second-order valence-corrected chi connectivity index (χ2v) is 6.96. The number of carbonyl (C=O) groups excluding carboxylic acids is 1. The molecule has 6 nitrogen and oxygen atoms in total. The Balaban J connectivity index is 2.47. The molecule has 1 N–H and O–H groups in total. The molecule has 2 rings (SSSR count). The Morgan fingerprint density at radius 2 is 2.13 bits per heavy atom. The highest BCUT2D eigenvalue weighted by atomic mass is 16.7. The zero-order valence-corrected chi connectivity index (χ0v) is 14.2. The fourth-order valence-corrected chi connectivity index (χ4v) is 4.35. The predicted molar refractivity (Wildman–Crippen MR) is 82.2 cm³/mol. The van der Waals surface area contributed by atoms with E-state index in [1.54, 1.807) is 6.92 Å². The van der Waals surface area contributed by atoms with Gasteiger partial charge in [-0.15, -0.1) is 0 Å². The summed E-state index contributed by atoms with van der Waals surface area (Å²) in [4.78, 5) is 11.6. The van der Waals surface area contributed by atoms with Crippen molar-refractivity contribution in [2.45, 2.75) is 70.9 Å². The largest absolute Gasteiger partial charge is 0.462 e. The molecular formula is C17H27NO5. The maximum Gasteiger partial charge on any atom is 0.302 e. The Morgan fingerprint density at radius 1 is 1.48 bits per heavy atom. The molecule has 6 heteroatoms. The zero-order chi connectivity index (χ0) is 17.1. The van der Waals surface area contributed by atoms with Crippen LogP contribution in [0.25, 0.3) is 0 Å². The lowest BCUT2D eigenvalue weighted by molar-refractivity contribution is -0.303. The molecule has 0 bridgehead atoms. The van der Waals surface area contributed by atoms with E-state index in [1.165, 1.54) is 6.92 Å². The number of rotatable bonds is 5. The van der Waals surface area contributed by atoms with Gasteiger partial charge in [0, 0.05) is 19.8 Å². The Kier molecular flexibility index (Phi) is 5.66. The molecule has 0 aromatic carbocycles. The van der Waals surface area contributed by atoms with Crippen LogP contribution in [0.3, 0.4) is 0 Å². The van der Waals surface area contributed by atoms with E-state index in [0.717, 1.165) is 0 Å². The third-order valence-electron chi connectivity index (χ3n) is 5.01. The third-order valence-corrected chi connectivity index (χ3v) is 5.01. The first-order chi connectivity index (χ1) is 10.8. The monoisotopic (exact) mass is 325 g/mol. The molecule has 1 saturated carbocycles. The summed E-state index contributed by atoms with van der Waals surface area (Å²) in [5, 5.41) is 19.2. The van der Waals surface area contributed by atoms with Crippen LogP contribution < -0.4 is 0 Å². The van der Waals surface area contributed by atoms with Crippen molar-refractivity contribution in [3.8, 4) is 6.07 Å². The minimum absolute atomic E-state index is 0.265. The number of nitriles is 1. The van der Waals surface area contributed by atoms with Gasteiger partial charge in [-0.25, -0.2) is 0 Å². The molecule has 0 amide bonds. The van der Waals surface area contributed by atoms with Gasteiger partial charge in [0.25, 0.3) is 0 Å². The molecule has 1 spiro atoms. The molecule has 1 heterocycles. The molecule has 1 saturated heterocycles. The van der Waals surface area contributed by atoms with Crippen LogP contribution in [0.4, 0.5) is 0 Å². The molecule has 2 fully saturated rings. The van der Waals surface area contributed by atoms with Crippen LogP contribution in [-0.2, 0) is 19.0 Å². The first kappa shape index (κ1) is 18.2. The topological polar surface area (TPSA) is 88.8 Å². The standard InChI is InChI=1S/C17H27NO5/c1-12-9-15(23-14(3)20)16(5-4-6-18,11-13(2)19)17(10-12)21-7-8-22-17/h12-13,15,19H,4-5,7-11H2,1-3H3. The van der Waals surface area contributed by atoms with Crippen molar-refractivity contribution in [1.29, 1.82) is 5.26 Å². The maximum absolute atomic E-state index is 11.6. The van der Waals surface area contributed by atoms with E-state index in [4.69, 9.17) is 19.5 Å². The zero-order valence-electron chi connectivity index (χ0n) is 14.2. The average Bonchev–Trinajstić information content (AvgIpc) is 2.90. The van der Waals surface area contributed by atoms with Crippen LogP contribution >= 0.6 is 0 Å². The molecule has 4 unspecified atom stereocenters. The van der Waals surface area contributed by atoms with Crippen LogP contribution in [0.1, 0.15) is 52.9 Å². The minimum Gasteiger partial charge on any atom is -0.462 e. The predicted octanol–water partition coefficient (Wildman–Crippen LogP) is 2.15. The van der Waals surface area contributed by atoms with Gasteiger partial charge in [0.2, 0.25) is 0 Å². The van der Waals surface area contributed by atoms with E-state index < -0.39 is 23.4 Å². The first-order valence-electron chi connectivity index (χ1n) is 8.35. The summed E-state index contributed by atoms with van der Waals surface area (Å²) in [6, 6.07) is 2.17. The first-order valence-corrected chi connectivity index (χ1v) is 8.35. The molecule has 0 aromatic heterocycles. The molecule has 23 heavy (non-hydrogen) atoms. The average molecular weight is 325 g/mol. The van der Waals surface area contributed by atoms with E-state index in [1.807, 2.05) is 0 Å². The lowest BCUT2D eigenvalue weighted by Crippen LogP contribution is -2.62. The summed E-state index contributed by atoms with van der Waals surface area (Å²) in [7, 11) is 0. The number of aliphatic hydroxyl groups is 1. The minimum atomic E-state index is -0.890. The summed E-state index contributed by atoms with van der Waals surface area (Å²) in [6.07, 6.45) is 1.48.